The highest BCUT2D eigenvalue weighted by Crippen LogP contribution is 2.39. The molecule has 0 heterocycles. The predicted molar refractivity (Wildman–Crippen MR) is 67.7 cm³/mol. The van der Waals surface area contributed by atoms with Gasteiger partial charge in [0.2, 0.25) is 0 Å². The molecular formula is C14H15F4N. The summed E-state index contributed by atoms with van der Waals surface area (Å²) >= 11 is 0. The molecule has 0 aliphatic carbocycles. The summed E-state index contributed by atoms with van der Waals surface area (Å²) in [5.41, 5.74) is -1.23. The second-order valence-corrected chi connectivity index (χ2v) is 4.05. The van der Waals surface area contributed by atoms with Gasteiger partial charge in [0.25, 0.3) is 5.92 Å². The van der Waals surface area contributed by atoms with Crippen molar-refractivity contribution < 1.29 is 17.6 Å². The van der Waals surface area contributed by atoms with Gasteiger partial charge in [-0.05, 0) is 30.7 Å². The van der Waals surface area contributed by atoms with E-state index in [1.54, 1.807) is 6.92 Å². The Labute approximate surface area is 109 Å². The monoisotopic (exact) mass is 273 g/mol. The Morgan fingerprint density at radius 1 is 1.32 bits per heavy atom. The predicted octanol–water partition coefficient (Wildman–Crippen LogP) is 4.48. The maximum Gasteiger partial charge on any atom is 0.297 e. The summed E-state index contributed by atoms with van der Waals surface area (Å²) in [4.78, 5) is 3.60. The Hall–Kier alpha value is -1.65. The molecule has 1 nitrogen and oxygen atoms in total. The number of halogens is 4. The lowest BCUT2D eigenvalue weighted by molar-refractivity contribution is 0.0300. The van der Waals surface area contributed by atoms with E-state index in [0.717, 1.165) is 12.1 Å². The van der Waals surface area contributed by atoms with E-state index in [1.807, 2.05) is 0 Å². The fourth-order valence-corrected chi connectivity index (χ4v) is 1.69. The van der Waals surface area contributed by atoms with Gasteiger partial charge in [-0.25, -0.2) is 8.78 Å². The van der Waals surface area contributed by atoms with Gasteiger partial charge >= 0.3 is 0 Å². The van der Waals surface area contributed by atoms with Gasteiger partial charge < -0.3 is 0 Å². The van der Waals surface area contributed by atoms with Gasteiger partial charge in [0.15, 0.2) is 0 Å². The number of nitrogens with zero attached hydrogens (tertiary/aromatic N) is 1. The average molecular weight is 273 g/mol. The Bertz CT molecular complexity index is 492. The minimum absolute atomic E-state index is 0.0783. The molecule has 1 rings (SSSR count). The molecule has 0 radical (unpaired) electrons. The third kappa shape index (κ3) is 3.66. The summed E-state index contributed by atoms with van der Waals surface area (Å²) < 4.78 is 55.0. The first kappa shape index (κ1) is 15.4. The largest absolute Gasteiger partial charge is 0.297 e. The molecule has 0 aromatic heterocycles. The maximum atomic E-state index is 14.2. The molecular weight excluding hydrogens is 258 g/mol. The first-order chi connectivity index (χ1) is 8.93. The van der Waals surface area contributed by atoms with Crippen LogP contribution in [-0.4, -0.2) is 13.3 Å². The zero-order chi connectivity index (χ0) is 14.5. The lowest BCUT2D eigenvalue weighted by Crippen LogP contribution is -2.19. The average Bonchev–Trinajstić information content (AvgIpc) is 2.37. The van der Waals surface area contributed by atoms with E-state index >= 15 is 0 Å². The summed E-state index contributed by atoms with van der Waals surface area (Å²) in [6, 6.07) is 2.05. The maximum absolute atomic E-state index is 14.2. The second kappa shape index (κ2) is 6.50. The van der Waals surface area contributed by atoms with Crippen molar-refractivity contribution in [3.63, 3.8) is 0 Å². The van der Waals surface area contributed by atoms with Crippen molar-refractivity contribution in [1.82, 2.24) is 0 Å². The molecule has 0 saturated carbocycles. The van der Waals surface area contributed by atoms with E-state index in [0.29, 0.717) is 18.6 Å². The minimum atomic E-state index is -3.55. The molecule has 0 bridgehead atoms. The molecule has 0 aliphatic heterocycles. The summed E-state index contributed by atoms with van der Waals surface area (Å²) in [5.74, 6) is -5.57. The topological polar surface area (TPSA) is 12.4 Å². The van der Waals surface area contributed by atoms with Crippen LogP contribution in [0.4, 0.5) is 17.6 Å². The van der Waals surface area contributed by atoms with E-state index in [9.17, 15) is 17.6 Å². The number of benzene rings is 1. The summed E-state index contributed by atoms with van der Waals surface area (Å²) in [7, 11) is 1.45. The first-order valence-corrected chi connectivity index (χ1v) is 5.88. The summed E-state index contributed by atoms with van der Waals surface area (Å²) in [6.07, 6.45) is 2.91. The van der Waals surface area contributed by atoms with Crippen molar-refractivity contribution in [3.8, 4) is 0 Å². The first-order valence-electron chi connectivity index (χ1n) is 5.88. The highest BCUT2D eigenvalue weighted by molar-refractivity contribution is 5.72. The molecule has 0 atom stereocenters. The second-order valence-electron chi connectivity index (χ2n) is 4.05. The van der Waals surface area contributed by atoms with Gasteiger partial charge in [-0.1, -0.05) is 13.3 Å². The number of aliphatic imine (C=N–C) groups is 1. The molecule has 0 saturated heterocycles. The quantitative estimate of drug-likeness (QED) is 0.554. The van der Waals surface area contributed by atoms with Gasteiger partial charge in [-0.2, -0.15) is 8.78 Å². The molecule has 5 heteroatoms. The van der Waals surface area contributed by atoms with Crippen molar-refractivity contribution in [2.45, 2.75) is 25.7 Å². The van der Waals surface area contributed by atoms with Crippen molar-refractivity contribution in [2.24, 2.45) is 4.99 Å². The number of rotatable bonds is 5. The Balaban J connectivity index is 3.29. The molecule has 0 spiro atoms. The van der Waals surface area contributed by atoms with Crippen LogP contribution in [0.3, 0.4) is 0 Å². The molecule has 104 valence electrons. The SMILES string of the molecule is CCC/C(=C\C=N/C)C(F)(F)c1cc(F)ccc1F. The van der Waals surface area contributed by atoms with Crippen molar-refractivity contribution in [2.75, 3.05) is 7.05 Å². The van der Waals surface area contributed by atoms with Crippen LogP contribution in [0.25, 0.3) is 0 Å². The Kier molecular flexibility index (Phi) is 5.27. The number of alkyl halides is 2. The van der Waals surface area contributed by atoms with Crippen LogP contribution in [0.15, 0.2) is 34.8 Å². The molecule has 19 heavy (non-hydrogen) atoms. The standard InChI is InChI=1S/C14H15F4N/c1-3-4-10(7-8-19-2)14(17,18)12-9-11(15)5-6-13(12)16/h5-9H,3-4H2,1-2H3/b10-7+,19-8-. The fourth-order valence-electron chi connectivity index (χ4n) is 1.69. The highest BCUT2D eigenvalue weighted by Gasteiger charge is 2.38. The van der Waals surface area contributed by atoms with E-state index in [1.165, 1.54) is 13.3 Å². The smallest absolute Gasteiger partial charge is 0.297 e. The molecule has 0 amide bonds. The molecule has 0 aliphatic rings. The van der Waals surface area contributed by atoms with Crippen molar-refractivity contribution in [3.05, 3.63) is 47.0 Å². The molecule has 0 unspecified atom stereocenters. The van der Waals surface area contributed by atoms with Crippen LogP contribution < -0.4 is 0 Å². The lowest BCUT2D eigenvalue weighted by Gasteiger charge is -2.20. The number of hydrogen-bond acceptors (Lipinski definition) is 1. The van der Waals surface area contributed by atoms with Crippen LogP contribution >= 0.6 is 0 Å². The minimum Gasteiger partial charge on any atom is -0.297 e. The number of hydrogen-bond donors (Lipinski definition) is 0. The molecule has 1 aromatic carbocycles. The third-order valence-corrected chi connectivity index (χ3v) is 2.61. The van der Waals surface area contributed by atoms with E-state index < -0.39 is 23.1 Å². The van der Waals surface area contributed by atoms with E-state index in [4.69, 9.17) is 0 Å². The highest BCUT2D eigenvalue weighted by atomic mass is 19.3. The van der Waals surface area contributed by atoms with Crippen molar-refractivity contribution in [1.29, 1.82) is 0 Å². The normalized spacial score (nSPS) is 13.3. The van der Waals surface area contributed by atoms with Gasteiger partial charge in [0.1, 0.15) is 11.6 Å². The summed E-state index contributed by atoms with van der Waals surface area (Å²) in [5, 5.41) is 0. The fraction of sp³-hybridized carbons (Fsp3) is 0.357. The van der Waals surface area contributed by atoms with Crippen molar-refractivity contribution >= 4 is 6.21 Å². The molecule has 0 fully saturated rings. The Morgan fingerprint density at radius 3 is 2.58 bits per heavy atom. The molecule has 0 N–H and O–H groups in total. The van der Waals surface area contributed by atoms with E-state index in [2.05, 4.69) is 4.99 Å². The Morgan fingerprint density at radius 2 is 2.00 bits per heavy atom. The summed E-state index contributed by atoms with van der Waals surface area (Å²) in [6.45, 7) is 1.73. The zero-order valence-electron chi connectivity index (χ0n) is 10.8. The molecule has 1 aromatic rings. The van der Waals surface area contributed by atoms with Gasteiger partial charge in [-0.15, -0.1) is 0 Å². The van der Waals surface area contributed by atoms with Crippen LogP contribution in [0.5, 0.6) is 0 Å². The van der Waals surface area contributed by atoms with Crippen LogP contribution in [0.1, 0.15) is 25.3 Å². The van der Waals surface area contributed by atoms with Gasteiger partial charge in [-0.3, -0.25) is 4.99 Å². The number of allylic oxidation sites excluding steroid dienone is 2. The lowest BCUT2D eigenvalue weighted by atomic mass is 9.96. The van der Waals surface area contributed by atoms with Crippen LogP contribution in [0, 0.1) is 11.6 Å². The third-order valence-electron chi connectivity index (χ3n) is 2.61. The van der Waals surface area contributed by atoms with Gasteiger partial charge in [0, 0.05) is 18.8 Å². The van der Waals surface area contributed by atoms with Gasteiger partial charge in [0.05, 0.1) is 5.56 Å². The van der Waals surface area contributed by atoms with E-state index in [-0.39, 0.29) is 12.0 Å². The zero-order valence-corrected chi connectivity index (χ0v) is 10.8. The van der Waals surface area contributed by atoms with Crippen LogP contribution in [-0.2, 0) is 5.92 Å². The van der Waals surface area contributed by atoms with Crippen LogP contribution in [0.2, 0.25) is 0 Å².